The van der Waals surface area contributed by atoms with Crippen LogP contribution in [0.25, 0.3) is 0 Å². The third-order valence-corrected chi connectivity index (χ3v) is 1.87. The van der Waals surface area contributed by atoms with Crippen LogP contribution in [0.15, 0.2) is 36.3 Å². The van der Waals surface area contributed by atoms with E-state index in [4.69, 9.17) is 22.7 Å². The molecule has 0 bridgehead atoms. The number of nitrogens with zero attached hydrogens (tertiary/aromatic N) is 3. The fraction of sp³-hybridized carbons (Fsp3) is 0. The Hall–Kier alpha value is -2.24. The highest BCUT2D eigenvalue weighted by molar-refractivity contribution is 7.80. The Kier molecular flexibility index (Phi) is 3.96. The molecule has 5 heteroatoms. The minimum atomic E-state index is -0.0266. The molecular formula is C10H6N4S. The highest BCUT2D eigenvalue weighted by Crippen LogP contribution is 1.97. The molecule has 72 valence electrons. The van der Waals surface area contributed by atoms with Crippen molar-refractivity contribution in [3.8, 4) is 12.1 Å². The van der Waals surface area contributed by atoms with Crippen LogP contribution in [0.1, 0.15) is 5.56 Å². The van der Waals surface area contributed by atoms with E-state index in [2.05, 4.69) is 10.3 Å². The predicted molar refractivity (Wildman–Crippen MR) is 58.4 cm³/mol. The van der Waals surface area contributed by atoms with Gasteiger partial charge in [-0.15, -0.1) is 0 Å². The maximum absolute atomic E-state index is 8.47. The van der Waals surface area contributed by atoms with E-state index in [-0.39, 0.29) is 5.57 Å². The first kappa shape index (κ1) is 10.8. The Bertz CT molecular complexity index is 448. The molecule has 1 aromatic rings. The number of nitriles is 2. The number of hydrogen-bond donors (Lipinski definition) is 1. The van der Waals surface area contributed by atoms with E-state index in [1.807, 2.05) is 0 Å². The van der Waals surface area contributed by atoms with Crippen LogP contribution >= 0.6 is 12.2 Å². The second-order valence-corrected chi connectivity index (χ2v) is 2.91. The van der Waals surface area contributed by atoms with Crippen molar-refractivity contribution < 1.29 is 0 Å². The van der Waals surface area contributed by atoms with Crippen molar-refractivity contribution in [3.05, 3.63) is 41.9 Å². The van der Waals surface area contributed by atoms with E-state index >= 15 is 0 Å². The minimum Gasteiger partial charge on any atom is -0.350 e. The van der Waals surface area contributed by atoms with Gasteiger partial charge in [0.15, 0.2) is 0 Å². The average molecular weight is 214 g/mol. The smallest absolute Gasteiger partial charge is 0.145 e. The topological polar surface area (TPSA) is 72.5 Å². The Morgan fingerprint density at radius 1 is 1.47 bits per heavy atom. The molecule has 0 aromatic carbocycles. The summed E-state index contributed by atoms with van der Waals surface area (Å²) in [6, 6.07) is 6.98. The molecule has 4 nitrogen and oxygen atoms in total. The summed E-state index contributed by atoms with van der Waals surface area (Å²) >= 11 is 5.02. The summed E-state index contributed by atoms with van der Waals surface area (Å²) in [7, 11) is 0. The van der Waals surface area contributed by atoms with Crippen LogP contribution in [0.4, 0.5) is 0 Å². The number of thiocarbonyl (C=S) groups is 1. The quantitative estimate of drug-likeness (QED) is 0.593. The van der Waals surface area contributed by atoms with Gasteiger partial charge in [-0.2, -0.15) is 10.5 Å². The predicted octanol–water partition coefficient (Wildman–Crippen LogP) is 1.28. The molecule has 0 radical (unpaired) electrons. The minimum absolute atomic E-state index is 0.0266. The third kappa shape index (κ3) is 3.18. The Morgan fingerprint density at radius 3 is 2.73 bits per heavy atom. The van der Waals surface area contributed by atoms with Gasteiger partial charge in [0.2, 0.25) is 0 Å². The van der Waals surface area contributed by atoms with Crippen LogP contribution in [0.2, 0.25) is 0 Å². The molecule has 0 saturated heterocycles. The molecule has 1 N–H and O–H groups in total. The van der Waals surface area contributed by atoms with Gasteiger partial charge in [0, 0.05) is 24.2 Å². The van der Waals surface area contributed by atoms with Crippen molar-refractivity contribution in [3.63, 3.8) is 0 Å². The first-order chi connectivity index (χ1) is 7.27. The van der Waals surface area contributed by atoms with Crippen molar-refractivity contribution in [2.24, 2.45) is 0 Å². The van der Waals surface area contributed by atoms with Gasteiger partial charge in [-0.25, -0.2) is 0 Å². The highest BCUT2D eigenvalue weighted by Gasteiger charge is 1.98. The fourth-order valence-electron chi connectivity index (χ4n) is 0.808. The van der Waals surface area contributed by atoms with Crippen molar-refractivity contribution in [1.29, 1.82) is 10.5 Å². The molecule has 15 heavy (non-hydrogen) atoms. The van der Waals surface area contributed by atoms with E-state index in [0.717, 1.165) is 5.56 Å². The standard InChI is InChI=1S/C10H6N4S/c11-4-8(5-12)6-14-10(15)9-2-1-3-13-7-9/h1-3,6-7H,(H,14,15). The number of rotatable bonds is 2. The van der Waals surface area contributed by atoms with Gasteiger partial charge in [0.05, 0.1) is 0 Å². The Morgan fingerprint density at radius 2 is 2.20 bits per heavy atom. The normalized spacial score (nSPS) is 8.13. The lowest BCUT2D eigenvalue weighted by atomic mass is 10.3. The maximum Gasteiger partial charge on any atom is 0.145 e. The number of nitrogens with one attached hydrogen (secondary N) is 1. The van der Waals surface area contributed by atoms with Crippen molar-refractivity contribution >= 4 is 17.2 Å². The van der Waals surface area contributed by atoms with Crippen molar-refractivity contribution in [2.45, 2.75) is 0 Å². The van der Waals surface area contributed by atoms with E-state index in [9.17, 15) is 0 Å². The van der Waals surface area contributed by atoms with Crippen LogP contribution in [0.5, 0.6) is 0 Å². The summed E-state index contributed by atoms with van der Waals surface area (Å²) in [5.74, 6) is 0. The van der Waals surface area contributed by atoms with E-state index in [0.29, 0.717) is 4.99 Å². The van der Waals surface area contributed by atoms with Crippen molar-refractivity contribution in [1.82, 2.24) is 10.3 Å². The van der Waals surface area contributed by atoms with E-state index in [1.165, 1.54) is 6.20 Å². The van der Waals surface area contributed by atoms with Crippen LogP contribution in [0.3, 0.4) is 0 Å². The lowest BCUT2D eigenvalue weighted by molar-refractivity contribution is 1.25. The second kappa shape index (κ2) is 5.48. The molecule has 1 rings (SSSR count). The molecule has 1 heterocycles. The highest BCUT2D eigenvalue weighted by atomic mass is 32.1. The van der Waals surface area contributed by atoms with Gasteiger partial charge in [-0.1, -0.05) is 12.2 Å². The summed E-state index contributed by atoms with van der Waals surface area (Å²) in [6.45, 7) is 0. The number of allylic oxidation sites excluding steroid dienone is 1. The number of aromatic nitrogens is 1. The molecule has 0 saturated carbocycles. The van der Waals surface area contributed by atoms with Crippen molar-refractivity contribution in [2.75, 3.05) is 0 Å². The zero-order valence-corrected chi connectivity index (χ0v) is 8.45. The fourth-order valence-corrected chi connectivity index (χ4v) is 0.987. The SMILES string of the molecule is N#CC(C#N)=CNC(=S)c1cccnc1. The molecule has 0 aliphatic rings. The van der Waals surface area contributed by atoms with Crippen LogP contribution in [-0.4, -0.2) is 9.97 Å². The lowest BCUT2D eigenvalue weighted by Crippen LogP contribution is -2.16. The van der Waals surface area contributed by atoms with Crippen LogP contribution in [-0.2, 0) is 0 Å². The Balaban J connectivity index is 2.71. The zero-order chi connectivity index (χ0) is 11.1. The zero-order valence-electron chi connectivity index (χ0n) is 7.64. The molecule has 0 amide bonds. The lowest BCUT2D eigenvalue weighted by Gasteiger charge is -2.01. The van der Waals surface area contributed by atoms with Crippen LogP contribution < -0.4 is 5.32 Å². The number of pyridine rings is 1. The molecule has 0 aliphatic carbocycles. The summed E-state index contributed by atoms with van der Waals surface area (Å²) in [4.78, 5) is 4.32. The summed E-state index contributed by atoms with van der Waals surface area (Å²) in [5, 5.41) is 19.6. The van der Waals surface area contributed by atoms with Gasteiger partial charge in [-0.3, -0.25) is 4.98 Å². The van der Waals surface area contributed by atoms with Gasteiger partial charge >= 0.3 is 0 Å². The van der Waals surface area contributed by atoms with Gasteiger partial charge in [0.1, 0.15) is 22.7 Å². The summed E-state index contributed by atoms with van der Waals surface area (Å²) in [6.07, 6.45) is 4.51. The average Bonchev–Trinajstić information content (AvgIpc) is 2.31. The van der Waals surface area contributed by atoms with Gasteiger partial charge < -0.3 is 5.32 Å². The number of hydrogen-bond acceptors (Lipinski definition) is 4. The second-order valence-electron chi connectivity index (χ2n) is 2.50. The molecule has 0 unspecified atom stereocenters. The Labute approximate surface area is 92.5 Å². The molecular weight excluding hydrogens is 208 g/mol. The maximum atomic E-state index is 8.47. The molecule has 0 spiro atoms. The third-order valence-electron chi connectivity index (χ3n) is 1.51. The van der Waals surface area contributed by atoms with Crippen LogP contribution in [0, 0.1) is 22.7 Å². The first-order valence-corrected chi connectivity index (χ1v) is 4.40. The monoisotopic (exact) mass is 214 g/mol. The molecule has 0 atom stereocenters. The van der Waals surface area contributed by atoms with E-state index < -0.39 is 0 Å². The van der Waals surface area contributed by atoms with E-state index in [1.54, 1.807) is 36.7 Å². The first-order valence-electron chi connectivity index (χ1n) is 3.99. The largest absolute Gasteiger partial charge is 0.350 e. The molecule has 0 aliphatic heterocycles. The van der Waals surface area contributed by atoms with Gasteiger partial charge in [0.25, 0.3) is 0 Å². The summed E-state index contributed by atoms with van der Waals surface area (Å²) in [5.41, 5.74) is 0.709. The molecule has 0 fully saturated rings. The van der Waals surface area contributed by atoms with Gasteiger partial charge in [-0.05, 0) is 12.1 Å². The summed E-state index contributed by atoms with van der Waals surface area (Å²) < 4.78 is 0. The molecule has 1 aromatic heterocycles.